The molecule has 0 nitrogen and oxygen atoms in total. The summed E-state index contributed by atoms with van der Waals surface area (Å²) in [6, 6.07) is 13.1. The SMILES string of the molecule is Fc1cccc2c1[C@@H](c1ccc(Cl)cc1)CC2. The molecule has 3 rings (SSSR count). The van der Waals surface area contributed by atoms with E-state index in [0.29, 0.717) is 0 Å². The van der Waals surface area contributed by atoms with Gasteiger partial charge in [-0.15, -0.1) is 0 Å². The first-order valence-electron chi connectivity index (χ1n) is 5.78. The Balaban J connectivity index is 2.06. The van der Waals surface area contributed by atoms with Crippen molar-refractivity contribution in [3.8, 4) is 0 Å². The first-order valence-corrected chi connectivity index (χ1v) is 6.16. The maximum Gasteiger partial charge on any atom is 0.127 e. The van der Waals surface area contributed by atoms with Gasteiger partial charge in [-0.05, 0) is 47.7 Å². The largest absolute Gasteiger partial charge is 0.207 e. The minimum Gasteiger partial charge on any atom is -0.207 e. The predicted octanol–water partition coefficient (Wildman–Crippen LogP) is 4.56. The molecule has 0 heterocycles. The van der Waals surface area contributed by atoms with E-state index in [1.807, 2.05) is 30.3 Å². The molecule has 1 aliphatic carbocycles. The van der Waals surface area contributed by atoms with Gasteiger partial charge in [-0.25, -0.2) is 4.39 Å². The van der Waals surface area contributed by atoms with Crippen LogP contribution in [0.25, 0.3) is 0 Å². The Morgan fingerprint density at radius 2 is 1.82 bits per heavy atom. The Morgan fingerprint density at radius 3 is 2.59 bits per heavy atom. The quantitative estimate of drug-likeness (QED) is 0.692. The lowest BCUT2D eigenvalue weighted by Crippen LogP contribution is -1.98. The van der Waals surface area contributed by atoms with Crippen LogP contribution in [0, 0.1) is 5.82 Å². The van der Waals surface area contributed by atoms with Gasteiger partial charge in [0.25, 0.3) is 0 Å². The molecule has 0 N–H and O–H groups in total. The van der Waals surface area contributed by atoms with E-state index in [1.165, 1.54) is 0 Å². The Hall–Kier alpha value is -1.34. The molecule has 2 aromatic carbocycles. The maximum atomic E-state index is 13.9. The maximum absolute atomic E-state index is 13.9. The number of fused-ring (bicyclic) bond motifs is 1. The lowest BCUT2D eigenvalue weighted by molar-refractivity contribution is 0.602. The molecule has 0 unspecified atom stereocenters. The number of hydrogen-bond donors (Lipinski definition) is 0. The van der Waals surface area contributed by atoms with Gasteiger partial charge >= 0.3 is 0 Å². The van der Waals surface area contributed by atoms with Crippen LogP contribution in [0.5, 0.6) is 0 Å². The van der Waals surface area contributed by atoms with Crippen molar-refractivity contribution in [3.63, 3.8) is 0 Å². The molecule has 0 saturated heterocycles. The minimum atomic E-state index is -0.0834. The highest BCUT2D eigenvalue weighted by atomic mass is 35.5. The van der Waals surface area contributed by atoms with Crippen molar-refractivity contribution in [3.05, 3.63) is 70.0 Å². The highest BCUT2D eigenvalue weighted by Crippen LogP contribution is 2.39. The van der Waals surface area contributed by atoms with Crippen LogP contribution in [-0.4, -0.2) is 0 Å². The summed E-state index contributed by atoms with van der Waals surface area (Å²) in [5.74, 6) is 0.100. The summed E-state index contributed by atoms with van der Waals surface area (Å²) >= 11 is 5.88. The molecule has 0 fully saturated rings. The third-order valence-corrected chi connectivity index (χ3v) is 3.72. The molecule has 0 aliphatic heterocycles. The van der Waals surface area contributed by atoms with Gasteiger partial charge < -0.3 is 0 Å². The Morgan fingerprint density at radius 1 is 1.06 bits per heavy atom. The molecule has 2 aromatic rings. The number of aryl methyl sites for hydroxylation is 1. The molecular formula is C15H12ClF. The highest BCUT2D eigenvalue weighted by Gasteiger charge is 2.26. The van der Waals surface area contributed by atoms with Crippen LogP contribution in [-0.2, 0) is 6.42 Å². The molecule has 2 heteroatoms. The van der Waals surface area contributed by atoms with Crippen LogP contribution in [0.15, 0.2) is 42.5 Å². The molecule has 0 amide bonds. The van der Waals surface area contributed by atoms with E-state index in [-0.39, 0.29) is 11.7 Å². The number of rotatable bonds is 1. The van der Waals surface area contributed by atoms with E-state index < -0.39 is 0 Å². The average molecular weight is 247 g/mol. The van der Waals surface area contributed by atoms with E-state index in [2.05, 4.69) is 0 Å². The van der Waals surface area contributed by atoms with Crippen molar-refractivity contribution in [1.82, 2.24) is 0 Å². The Kier molecular flexibility index (Phi) is 2.64. The fourth-order valence-corrected chi connectivity index (χ4v) is 2.79. The molecule has 0 bridgehead atoms. The lowest BCUT2D eigenvalue weighted by Gasteiger charge is -2.12. The topological polar surface area (TPSA) is 0 Å². The monoisotopic (exact) mass is 246 g/mol. The summed E-state index contributed by atoms with van der Waals surface area (Å²) in [6.07, 6.45) is 1.94. The fourth-order valence-electron chi connectivity index (χ4n) is 2.66. The zero-order valence-corrected chi connectivity index (χ0v) is 10.0. The summed E-state index contributed by atoms with van der Waals surface area (Å²) in [7, 11) is 0. The van der Waals surface area contributed by atoms with Crippen molar-refractivity contribution < 1.29 is 4.39 Å². The van der Waals surface area contributed by atoms with Gasteiger partial charge in [-0.2, -0.15) is 0 Å². The van der Waals surface area contributed by atoms with Crippen molar-refractivity contribution >= 4 is 11.6 Å². The van der Waals surface area contributed by atoms with Crippen molar-refractivity contribution in [1.29, 1.82) is 0 Å². The van der Waals surface area contributed by atoms with Crippen molar-refractivity contribution in [2.24, 2.45) is 0 Å². The molecule has 0 spiro atoms. The van der Waals surface area contributed by atoms with E-state index in [4.69, 9.17) is 11.6 Å². The van der Waals surface area contributed by atoms with Crippen LogP contribution in [0.3, 0.4) is 0 Å². The summed E-state index contributed by atoms with van der Waals surface area (Å²) in [5.41, 5.74) is 3.16. The number of hydrogen-bond acceptors (Lipinski definition) is 0. The van der Waals surface area contributed by atoms with E-state index in [1.54, 1.807) is 12.1 Å². The highest BCUT2D eigenvalue weighted by molar-refractivity contribution is 6.30. The van der Waals surface area contributed by atoms with Crippen LogP contribution in [0.4, 0.5) is 4.39 Å². The van der Waals surface area contributed by atoms with Gasteiger partial charge in [-0.1, -0.05) is 35.9 Å². The number of benzene rings is 2. The Labute approximate surface area is 105 Å². The first-order chi connectivity index (χ1) is 8.25. The Bertz CT molecular complexity index is 545. The van der Waals surface area contributed by atoms with Gasteiger partial charge in [0.15, 0.2) is 0 Å². The third-order valence-electron chi connectivity index (χ3n) is 3.47. The van der Waals surface area contributed by atoms with Crippen LogP contribution in [0.2, 0.25) is 5.02 Å². The van der Waals surface area contributed by atoms with E-state index >= 15 is 0 Å². The second kappa shape index (κ2) is 4.15. The van der Waals surface area contributed by atoms with Crippen molar-refractivity contribution in [2.75, 3.05) is 0 Å². The third kappa shape index (κ3) is 1.85. The van der Waals surface area contributed by atoms with Gasteiger partial charge in [0.1, 0.15) is 5.82 Å². The predicted molar refractivity (Wildman–Crippen MR) is 68.0 cm³/mol. The van der Waals surface area contributed by atoms with Crippen LogP contribution in [0.1, 0.15) is 29.0 Å². The summed E-state index contributed by atoms with van der Waals surface area (Å²) in [4.78, 5) is 0. The van der Waals surface area contributed by atoms with Gasteiger partial charge in [0, 0.05) is 10.9 Å². The summed E-state index contributed by atoms with van der Waals surface area (Å²) in [5, 5.41) is 0.723. The molecule has 86 valence electrons. The molecule has 0 aromatic heterocycles. The first kappa shape index (κ1) is 10.8. The summed E-state index contributed by atoms with van der Waals surface area (Å²) < 4.78 is 13.9. The number of halogens is 2. The second-order valence-corrected chi connectivity index (χ2v) is 4.89. The average Bonchev–Trinajstić information content (AvgIpc) is 2.75. The smallest absolute Gasteiger partial charge is 0.127 e. The lowest BCUT2D eigenvalue weighted by atomic mass is 9.93. The molecule has 0 radical (unpaired) electrons. The zero-order chi connectivity index (χ0) is 11.8. The summed E-state index contributed by atoms with van der Waals surface area (Å²) in [6.45, 7) is 0. The van der Waals surface area contributed by atoms with Gasteiger partial charge in [0.05, 0.1) is 0 Å². The molecule has 1 aliphatic rings. The van der Waals surface area contributed by atoms with Crippen LogP contribution >= 0.6 is 11.6 Å². The minimum absolute atomic E-state index is 0.0834. The molecular weight excluding hydrogens is 235 g/mol. The van der Waals surface area contributed by atoms with Gasteiger partial charge in [-0.3, -0.25) is 0 Å². The van der Waals surface area contributed by atoms with Crippen LogP contribution < -0.4 is 0 Å². The molecule has 1 atom stereocenters. The van der Waals surface area contributed by atoms with Gasteiger partial charge in [0.2, 0.25) is 0 Å². The van der Waals surface area contributed by atoms with Crippen molar-refractivity contribution in [2.45, 2.75) is 18.8 Å². The normalized spacial score (nSPS) is 18.1. The molecule has 17 heavy (non-hydrogen) atoms. The fraction of sp³-hybridized carbons (Fsp3) is 0.200. The standard InChI is InChI=1S/C15H12ClF/c16-12-7-4-10(5-8-12)13-9-6-11-2-1-3-14(17)15(11)13/h1-5,7-8,13H,6,9H2/t13-/m1/s1. The molecule has 0 saturated carbocycles. The zero-order valence-electron chi connectivity index (χ0n) is 9.29. The van der Waals surface area contributed by atoms with E-state index in [9.17, 15) is 4.39 Å². The van der Waals surface area contributed by atoms with E-state index in [0.717, 1.165) is 34.6 Å². The second-order valence-electron chi connectivity index (χ2n) is 4.46.